The number of thiophene rings is 1. The molecule has 0 aliphatic heterocycles. The maximum Gasteiger partial charge on any atom is 0.271 e. The third kappa shape index (κ3) is 2.79. The topological polar surface area (TPSA) is 111 Å². The Morgan fingerprint density at radius 1 is 1.33 bits per heavy atom. The molecule has 8 heteroatoms. The van der Waals surface area contributed by atoms with E-state index in [9.17, 15) is 14.9 Å². The quantitative estimate of drug-likeness (QED) is 0.557. The molecule has 0 bridgehead atoms. The fourth-order valence-electron chi connectivity index (χ4n) is 2.52. The van der Waals surface area contributed by atoms with Crippen molar-refractivity contribution in [1.29, 1.82) is 0 Å². The summed E-state index contributed by atoms with van der Waals surface area (Å²) >= 11 is 1.21. The number of nitrogen functional groups attached to an aromatic ring is 1. The molecule has 0 fully saturated rings. The minimum atomic E-state index is -0.514. The first-order valence-electron chi connectivity index (χ1n) is 7.09. The van der Waals surface area contributed by atoms with E-state index in [1.165, 1.54) is 29.5 Å². The molecule has 0 unspecified atom stereocenters. The predicted octanol–water partition coefficient (Wildman–Crippen LogP) is 3.66. The maximum atomic E-state index is 12.5. The number of carbonyl (C=O) groups is 1. The van der Waals surface area contributed by atoms with Gasteiger partial charge in [-0.2, -0.15) is 0 Å². The standard InChI is InChI=1S/C16H14N4O3S/c1-8-6-9(2)18-16-12(8)13(17)14(24-16)15(21)19-10-4-3-5-11(7-10)20(22)23/h3-7H,17H2,1-2H3,(H,19,21). The summed E-state index contributed by atoms with van der Waals surface area (Å²) in [6.45, 7) is 3.80. The van der Waals surface area contributed by atoms with Crippen molar-refractivity contribution in [3.05, 3.63) is 56.6 Å². The molecule has 0 atom stereocenters. The van der Waals surface area contributed by atoms with Crippen LogP contribution in [0.25, 0.3) is 10.2 Å². The lowest BCUT2D eigenvalue weighted by Gasteiger charge is -2.04. The van der Waals surface area contributed by atoms with E-state index < -0.39 is 10.8 Å². The van der Waals surface area contributed by atoms with Crippen LogP contribution >= 0.6 is 11.3 Å². The second-order valence-electron chi connectivity index (χ2n) is 5.37. The van der Waals surface area contributed by atoms with Crippen LogP contribution in [-0.4, -0.2) is 15.8 Å². The van der Waals surface area contributed by atoms with Gasteiger partial charge in [-0.25, -0.2) is 4.98 Å². The monoisotopic (exact) mass is 342 g/mol. The molecule has 7 nitrogen and oxygen atoms in total. The molecular formula is C16H14N4O3S. The van der Waals surface area contributed by atoms with Crippen LogP contribution in [0.2, 0.25) is 0 Å². The van der Waals surface area contributed by atoms with Crippen LogP contribution in [0.5, 0.6) is 0 Å². The van der Waals surface area contributed by atoms with Crippen molar-refractivity contribution < 1.29 is 9.72 Å². The molecule has 1 aromatic carbocycles. The van der Waals surface area contributed by atoms with E-state index in [1.807, 2.05) is 19.9 Å². The molecular weight excluding hydrogens is 328 g/mol. The first-order valence-corrected chi connectivity index (χ1v) is 7.90. The molecule has 0 radical (unpaired) electrons. The van der Waals surface area contributed by atoms with Crippen molar-refractivity contribution in [3.8, 4) is 0 Å². The highest BCUT2D eigenvalue weighted by atomic mass is 32.1. The van der Waals surface area contributed by atoms with Crippen molar-refractivity contribution in [1.82, 2.24) is 4.98 Å². The number of aromatic nitrogens is 1. The first-order chi connectivity index (χ1) is 11.4. The van der Waals surface area contributed by atoms with E-state index in [4.69, 9.17) is 5.73 Å². The van der Waals surface area contributed by atoms with E-state index in [1.54, 1.807) is 6.07 Å². The number of aryl methyl sites for hydroxylation is 2. The van der Waals surface area contributed by atoms with Gasteiger partial charge in [-0.3, -0.25) is 14.9 Å². The molecule has 0 spiro atoms. The highest BCUT2D eigenvalue weighted by Crippen LogP contribution is 2.35. The average molecular weight is 342 g/mol. The number of fused-ring (bicyclic) bond motifs is 1. The number of nitrogens with two attached hydrogens (primary N) is 1. The van der Waals surface area contributed by atoms with Gasteiger partial charge in [0.1, 0.15) is 9.71 Å². The normalized spacial score (nSPS) is 10.8. The molecule has 3 rings (SSSR count). The van der Waals surface area contributed by atoms with Gasteiger partial charge in [0.05, 0.1) is 10.6 Å². The number of rotatable bonds is 3. The zero-order chi connectivity index (χ0) is 17.4. The van der Waals surface area contributed by atoms with E-state index in [0.717, 1.165) is 16.6 Å². The Labute approximate surface area is 141 Å². The van der Waals surface area contributed by atoms with Crippen LogP contribution < -0.4 is 11.1 Å². The van der Waals surface area contributed by atoms with Crippen LogP contribution in [0.1, 0.15) is 20.9 Å². The van der Waals surface area contributed by atoms with Crippen LogP contribution in [-0.2, 0) is 0 Å². The lowest BCUT2D eigenvalue weighted by molar-refractivity contribution is -0.384. The molecule has 3 N–H and O–H groups in total. The summed E-state index contributed by atoms with van der Waals surface area (Å²) in [6.07, 6.45) is 0. The highest BCUT2D eigenvalue weighted by molar-refractivity contribution is 7.21. The summed E-state index contributed by atoms with van der Waals surface area (Å²) in [5.74, 6) is -0.409. The van der Waals surface area contributed by atoms with Crippen molar-refractivity contribution >= 4 is 44.5 Å². The summed E-state index contributed by atoms with van der Waals surface area (Å²) in [7, 11) is 0. The highest BCUT2D eigenvalue weighted by Gasteiger charge is 2.19. The zero-order valence-electron chi connectivity index (χ0n) is 13.0. The average Bonchev–Trinajstić information content (AvgIpc) is 2.84. The lowest BCUT2D eigenvalue weighted by Crippen LogP contribution is -2.12. The van der Waals surface area contributed by atoms with E-state index in [0.29, 0.717) is 21.1 Å². The van der Waals surface area contributed by atoms with Gasteiger partial charge in [-0.15, -0.1) is 11.3 Å². The fourth-order valence-corrected chi connectivity index (χ4v) is 3.63. The van der Waals surface area contributed by atoms with Crippen molar-refractivity contribution in [2.45, 2.75) is 13.8 Å². The number of benzene rings is 1. The van der Waals surface area contributed by atoms with Crippen molar-refractivity contribution in [2.75, 3.05) is 11.1 Å². The Hall–Kier alpha value is -3.00. The van der Waals surface area contributed by atoms with Crippen LogP contribution in [0, 0.1) is 24.0 Å². The smallest absolute Gasteiger partial charge is 0.271 e. The molecule has 3 aromatic rings. The Balaban J connectivity index is 1.97. The number of anilines is 2. The van der Waals surface area contributed by atoms with Gasteiger partial charge in [0.15, 0.2) is 0 Å². The molecule has 24 heavy (non-hydrogen) atoms. The SMILES string of the molecule is Cc1cc(C)c2c(N)c(C(=O)Nc3cccc([N+](=O)[O-])c3)sc2n1. The molecule has 0 saturated carbocycles. The number of hydrogen-bond donors (Lipinski definition) is 2. The number of nitro benzene ring substituents is 1. The number of nitro groups is 1. The van der Waals surface area contributed by atoms with Crippen LogP contribution in [0.4, 0.5) is 17.1 Å². The zero-order valence-corrected chi connectivity index (χ0v) is 13.8. The summed E-state index contributed by atoms with van der Waals surface area (Å²) in [4.78, 5) is 28.3. The molecule has 2 aromatic heterocycles. The molecule has 2 heterocycles. The molecule has 0 aliphatic carbocycles. The van der Waals surface area contributed by atoms with E-state index >= 15 is 0 Å². The van der Waals surface area contributed by atoms with Crippen LogP contribution in [0.3, 0.4) is 0 Å². The fraction of sp³-hybridized carbons (Fsp3) is 0.125. The van der Waals surface area contributed by atoms with Gasteiger partial charge in [-0.1, -0.05) is 6.07 Å². The van der Waals surface area contributed by atoms with Crippen molar-refractivity contribution in [2.24, 2.45) is 0 Å². The second kappa shape index (κ2) is 5.89. The number of nitrogens with zero attached hydrogens (tertiary/aromatic N) is 2. The lowest BCUT2D eigenvalue weighted by atomic mass is 10.1. The number of nitrogens with one attached hydrogen (secondary N) is 1. The largest absolute Gasteiger partial charge is 0.397 e. The summed E-state index contributed by atoms with van der Waals surface area (Å²) < 4.78 is 0. The number of carbonyl (C=O) groups excluding carboxylic acids is 1. The molecule has 1 amide bonds. The van der Waals surface area contributed by atoms with Gasteiger partial charge < -0.3 is 11.1 Å². The van der Waals surface area contributed by atoms with Gasteiger partial charge in [0.25, 0.3) is 11.6 Å². The number of pyridine rings is 1. The Morgan fingerprint density at radius 2 is 2.08 bits per heavy atom. The Kier molecular flexibility index (Phi) is 3.90. The minimum Gasteiger partial charge on any atom is -0.397 e. The number of hydrogen-bond acceptors (Lipinski definition) is 6. The summed E-state index contributed by atoms with van der Waals surface area (Å²) in [6, 6.07) is 7.67. The summed E-state index contributed by atoms with van der Waals surface area (Å²) in [5.41, 5.74) is 8.56. The first kappa shape index (κ1) is 15.9. The van der Waals surface area contributed by atoms with Crippen LogP contribution in [0.15, 0.2) is 30.3 Å². The van der Waals surface area contributed by atoms with Gasteiger partial charge in [0.2, 0.25) is 0 Å². The Morgan fingerprint density at radius 3 is 2.79 bits per heavy atom. The number of non-ortho nitro benzene ring substituents is 1. The molecule has 122 valence electrons. The third-order valence-electron chi connectivity index (χ3n) is 3.55. The van der Waals surface area contributed by atoms with Gasteiger partial charge in [0, 0.05) is 28.9 Å². The summed E-state index contributed by atoms with van der Waals surface area (Å²) in [5, 5.41) is 14.2. The maximum absolute atomic E-state index is 12.5. The minimum absolute atomic E-state index is 0.0924. The second-order valence-corrected chi connectivity index (χ2v) is 6.37. The molecule has 0 aliphatic rings. The van der Waals surface area contributed by atoms with Gasteiger partial charge in [-0.05, 0) is 31.5 Å². The third-order valence-corrected chi connectivity index (χ3v) is 4.64. The molecule has 0 saturated heterocycles. The van der Waals surface area contributed by atoms with Crippen molar-refractivity contribution in [3.63, 3.8) is 0 Å². The van der Waals surface area contributed by atoms with E-state index in [-0.39, 0.29) is 5.69 Å². The van der Waals surface area contributed by atoms with Gasteiger partial charge >= 0.3 is 0 Å². The van der Waals surface area contributed by atoms with E-state index in [2.05, 4.69) is 10.3 Å². The predicted molar refractivity (Wildman–Crippen MR) is 94.6 cm³/mol. The number of amides is 1. The Bertz CT molecular complexity index is 981.